The molecule has 27 heavy (non-hydrogen) atoms. The molecule has 2 saturated heterocycles. The Labute approximate surface area is 158 Å². The third-order valence-corrected chi connectivity index (χ3v) is 5.74. The molecule has 142 valence electrons. The van der Waals surface area contributed by atoms with Crippen LogP contribution in [-0.2, 0) is 4.79 Å². The first-order chi connectivity index (χ1) is 13.1. The van der Waals surface area contributed by atoms with E-state index in [0.29, 0.717) is 18.8 Å². The highest BCUT2D eigenvalue weighted by Crippen LogP contribution is 2.40. The van der Waals surface area contributed by atoms with Gasteiger partial charge in [-0.15, -0.1) is 0 Å². The molecule has 4 rings (SSSR count). The topological polar surface area (TPSA) is 82.2 Å². The van der Waals surface area contributed by atoms with E-state index in [1.807, 2.05) is 17.0 Å². The van der Waals surface area contributed by atoms with Gasteiger partial charge in [0.25, 0.3) is 5.91 Å². The van der Waals surface area contributed by atoms with Crippen LogP contribution in [0.15, 0.2) is 30.6 Å². The Bertz CT molecular complexity index is 832. The lowest BCUT2D eigenvalue weighted by molar-refractivity contribution is -0.145. The molecule has 0 aromatic carbocycles. The maximum absolute atomic E-state index is 13.0. The number of hydrogen-bond donors (Lipinski definition) is 1. The number of carbonyl (C=O) groups is 2. The van der Waals surface area contributed by atoms with Crippen molar-refractivity contribution in [2.24, 2.45) is 5.41 Å². The number of pyridine rings is 1. The molecule has 2 fully saturated rings. The molecule has 0 saturated carbocycles. The largest absolute Gasteiger partial charge is 0.342 e. The number of aromatic nitrogens is 3. The zero-order valence-corrected chi connectivity index (χ0v) is 15.6. The van der Waals surface area contributed by atoms with Gasteiger partial charge < -0.3 is 9.80 Å². The lowest BCUT2D eigenvalue weighted by atomic mass is 9.78. The number of amides is 2. The normalized spacial score (nSPS) is 22.6. The van der Waals surface area contributed by atoms with E-state index in [1.165, 1.54) is 0 Å². The van der Waals surface area contributed by atoms with Crippen LogP contribution in [-0.4, -0.2) is 63.0 Å². The number of nitrogens with zero attached hydrogens (tertiary/aromatic N) is 4. The molecule has 0 aliphatic carbocycles. The number of likely N-dealkylation sites (tertiary alicyclic amines) is 2. The van der Waals surface area contributed by atoms with Crippen LogP contribution in [0.2, 0.25) is 0 Å². The highest BCUT2D eigenvalue weighted by Gasteiger charge is 2.49. The van der Waals surface area contributed by atoms with Gasteiger partial charge >= 0.3 is 0 Å². The van der Waals surface area contributed by atoms with Crippen LogP contribution in [0, 0.1) is 5.41 Å². The van der Waals surface area contributed by atoms with E-state index >= 15 is 0 Å². The maximum atomic E-state index is 13.0. The minimum atomic E-state index is -0.392. The number of aromatic amines is 1. The molecule has 1 atom stereocenters. The van der Waals surface area contributed by atoms with Crippen LogP contribution in [0.3, 0.4) is 0 Å². The van der Waals surface area contributed by atoms with E-state index < -0.39 is 5.41 Å². The minimum absolute atomic E-state index is 0.0832. The van der Waals surface area contributed by atoms with E-state index in [1.54, 1.807) is 23.4 Å². The zero-order chi connectivity index (χ0) is 18.9. The predicted octanol–water partition coefficient (Wildman–Crippen LogP) is 2.34. The van der Waals surface area contributed by atoms with Gasteiger partial charge in [-0.3, -0.25) is 19.7 Å². The molecule has 2 aliphatic rings. The van der Waals surface area contributed by atoms with Crippen molar-refractivity contribution in [3.63, 3.8) is 0 Å². The van der Waals surface area contributed by atoms with Gasteiger partial charge in [-0.2, -0.15) is 5.10 Å². The molecule has 1 N–H and O–H groups in total. The Morgan fingerprint density at radius 1 is 1.26 bits per heavy atom. The third kappa shape index (κ3) is 3.22. The summed E-state index contributed by atoms with van der Waals surface area (Å²) in [5.41, 5.74) is 1.71. The third-order valence-electron chi connectivity index (χ3n) is 5.74. The van der Waals surface area contributed by atoms with Gasteiger partial charge in [0.1, 0.15) is 5.69 Å². The Morgan fingerprint density at radius 3 is 2.85 bits per heavy atom. The van der Waals surface area contributed by atoms with Crippen molar-refractivity contribution >= 4 is 11.8 Å². The van der Waals surface area contributed by atoms with Gasteiger partial charge in [-0.1, -0.05) is 6.92 Å². The van der Waals surface area contributed by atoms with Crippen LogP contribution >= 0.6 is 0 Å². The van der Waals surface area contributed by atoms with Gasteiger partial charge in [-0.25, -0.2) is 0 Å². The Kier molecular flexibility index (Phi) is 4.68. The van der Waals surface area contributed by atoms with Crippen molar-refractivity contribution in [2.45, 2.75) is 32.6 Å². The fourth-order valence-corrected chi connectivity index (χ4v) is 4.33. The zero-order valence-electron chi connectivity index (χ0n) is 15.6. The standard InChI is InChI=1S/C20H25N5O2/c1-2-10-24-11-3-6-20(19(24)27)7-12-25(14-20)18(26)17-13-16(22-23-17)15-4-8-21-9-5-15/h4-5,8-9,13H,2-3,6-7,10-12,14H2,1H3,(H,22,23)/t20-/m1/s1. The molecule has 7 nitrogen and oxygen atoms in total. The first-order valence-corrected chi connectivity index (χ1v) is 9.67. The summed E-state index contributed by atoms with van der Waals surface area (Å²) in [7, 11) is 0. The Balaban J connectivity index is 1.48. The molecule has 2 aromatic heterocycles. The molecule has 0 radical (unpaired) electrons. The molecule has 2 aliphatic heterocycles. The molecule has 2 amide bonds. The smallest absolute Gasteiger partial charge is 0.271 e. The summed E-state index contributed by atoms with van der Waals surface area (Å²) in [5, 5.41) is 7.11. The summed E-state index contributed by atoms with van der Waals surface area (Å²) in [4.78, 5) is 33.7. The van der Waals surface area contributed by atoms with Crippen LogP contribution in [0.1, 0.15) is 43.1 Å². The molecule has 7 heteroatoms. The second kappa shape index (κ2) is 7.13. The van der Waals surface area contributed by atoms with Crippen molar-refractivity contribution in [1.82, 2.24) is 25.0 Å². The summed E-state index contributed by atoms with van der Waals surface area (Å²) in [6.45, 7) is 4.88. The summed E-state index contributed by atoms with van der Waals surface area (Å²) in [5.74, 6) is 0.146. The number of piperidine rings is 1. The first-order valence-electron chi connectivity index (χ1n) is 9.67. The number of carbonyl (C=O) groups excluding carboxylic acids is 2. The average Bonchev–Trinajstić information content (AvgIpc) is 3.35. The molecular formula is C20H25N5O2. The number of hydrogen-bond acceptors (Lipinski definition) is 4. The van der Waals surface area contributed by atoms with Crippen LogP contribution in [0.25, 0.3) is 11.3 Å². The molecule has 0 bridgehead atoms. The van der Waals surface area contributed by atoms with Gasteiger partial charge in [0, 0.05) is 44.1 Å². The summed E-state index contributed by atoms with van der Waals surface area (Å²) < 4.78 is 0. The summed E-state index contributed by atoms with van der Waals surface area (Å²) in [6, 6.07) is 5.49. The number of H-pyrrole nitrogens is 1. The second-order valence-corrected chi connectivity index (χ2v) is 7.56. The van der Waals surface area contributed by atoms with Gasteiger partial charge in [0.15, 0.2) is 0 Å². The fraction of sp³-hybridized carbons (Fsp3) is 0.500. The van der Waals surface area contributed by atoms with Crippen LogP contribution in [0.5, 0.6) is 0 Å². The SMILES string of the molecule is CCCN1CCC[C@]2(CCN(C(=O)c3cc(-c4ccncc4)n[nH]3)C2)C1=O. The van der Waals surface area contributed by atoms with E-state index in [2.05, 4.69) is 22.1 Å². The lowest BCUT2D eigenvalue weighted by Crippen LogP contribution is -2.50. The van der Waals surface area contributed by atoms with Crippen molar-refractivity contribution in [2.75, 3.05) is 26.2 Å². The maximum Gasteiger partial charge on any atom is 0.271 e. The van der Waals surface area contributed by atoms with E-state index in [0.717, 1.165) is 50.0 Å². The van der Waals surface area contributed by atoms with Gasteiger partial charge in [0.2, 0.25) is 5.91 Å². The van der Waals surface area contributed by atoms with E-state index in [9.17, 15) is 9.59 Å². The van der Waals surface area contributed by atoms with Crippen molar-refractivity contribution in [3.8, 4) is 11.3 Å². The van der Waals surface area contributed by atoms with Crippen molar-refractivity contribution in [1.29, 1.82) is 0 Å². The van der Waals surface area contributed by atoms with Gasteiger partial charge in [0.05, 0.1) is 11.1 Å². The molecule has 2 aromatic rings. The predicted molar refractivity (Wildman–Crippen MR) is 101 cm³/mol. The minimum Gasteiger partial charge on any atom is -0.342 e. The molecule has 4 heterocycles. The quantitative estimate of drug-likeness (QED) is 0.899. The highest BCUT2D eigenvalue weighted by molar-refractivity contribution is 5.94. The monoisotopic (exact) mass is 367 g/mol. The molecule has 0 unspecified atom stereocenters. The van der Waals surface area contributed by atoms with Gasteiger partial charge in [-0.05, 0) is 43.9 Å². The summed E-state index contributed by atoms with van der Waals surface area (Å²) >= 11 is 0. The molecule has 1 spiro atoms. The summed E-state index contributed by atoms with van der Waals surface area (Å²) in [6.07, 6.45) is 7.02. The fourth-order valence-electron chi connectivity index (χ4n) is 4.33. The van der Waals surface area contributed by atoms with Crippen LogP contribution < -0.4 is 0 Å². The number of rotatable bonds is 4. The Morgan fingerprint density at radius 2 is 2.07 bits per heavy atom. The van der Waals surface area contributed by atoms with Crippen molar-refractivity contribution < 1.29 is 9.59 Å². The highest BCUT2D eigenvalue weighted by atomic mass is 16.2. The average molecular weight is 367 g/mol. The number of nitrogens with one attached hydrogen (secondary N) is 1. The Hall–Kier alpha value is -2.70. The molecular weight excluding hydrogens is 342 g/mol. The first kappa shape index (κ1) is 17.7. The van der Waals surface area contributed by atoms with E-state index in [-0.39, 0.29) is 11.8 Å². The second-order valence-electron chi connectivity index (χ2n) is 7.56. The van der Waals surface area contributed by atoms with Crippen LogP contribution in [0.4, 0.5) is 0 Å². The lowest BCUT2D eigenvalue weighted by Gasteiger charge is -2.39. The van der Waals surface area contributed by atoms with E-state index in [4.69, 9.17) is 0 Å². The van der Waals surface area contributed by atoms with Crippen molar-refractivity contribution in [3.05, 3.63) is 36.3 Å².